The van der Waals surface area contributed by atoms with E-state index in [2.05, 4.69) is 0 Å². The highest BCUT2D eigenvalue weighted by Crippen LogP contribution is 2.31. The average Bonchev–Trinajstić information content (AvgIpc) is 2.46. The summed E-state index contributed by atoms with van der Waals surface area (Å²) in [7, 11) is 1.63. The third kappa shape index (κ3) is 3.44. The predicted octanol–water partition coefficient (Wildman–Crippen LogP) is 3.82. The van der Waals surface area contributed by atoms with Crippen LogP contribution in [0.5, 0.6) is 11.5 Å². The van der Waals surface area contributed by atoms with E-state index in [1.54, 1.807) is 13.2 Å². The van der Waals surface area contributed by atoms with Gasteiger partial charge in [0.15, 0.2) is 0 Å². The maximum absolute atomic E-state index is 6.13. The summed E-state index contributed by atoms with van der Waals surface area (Å²) in [5.41, 5.74) is 7.01. The summed E-state index contributed by atoms with van der Waals surface area (Å²) in [5, 5.41) is 0.570. The fourth-order valence-corrected chi connectivity index (χ4v) is 2.15. The molecule has 2 N–H and O–H groups in total. The third-order valence-electron chi connectivity index (χ3n) is 2.99. The van der Waals surface area contributed by atoms with Crippen molar-refractivity contribution in [2.24, 2.45) is 5.73 Å². The molecule has 4 heteroatoms. The Balaban J connectivity index is 2.29. The molecule has 2 rings (SSSR count). The minimum atomic E-state index is -0.287. The molecular weight excluding hydrogens is 274 g/mol. The lowest BCUT2D eigenvalue weighted by Crippen LogP contribution is -2.29. The number of hydrogen-bond donors (Lipinski definition) is 1. The summed E-state index contributed by atoms with van der Waals surface area (Å²) in [5.74, 6) is 1.40. The first-order valence-electron chi connectivity index (χ1n) is 6.42. The number of methoxy groups -OCH3 is 1. The van der Waals surface area contributed by atoms with Crippen LogP contribution in [-0.4, -0.2) is 13.2 Å². The fourth-order valence-electron chi connectivity index (χ4n) is 1.97. The fraction of sp³-hybridized carbons (Fsp3) is 0.250. The Morgan fingerprint density at radius 2 is 1.85 bits per heavy atom. The zero-order chi connectivity index (χ0) is 14.5. The highest BCUT2D eigenvalue weighted by molar-refractivity contribution is 6.32. The largest absolute Gasteiger partial charge is 0.497 e. The molecule has 0 aliphatic carbocycles. The SMILES string of the molecule is COc1cccc(C(Oc2ccccc2Cl)C(C)N)c1. The molecule has 0 aliphatic rings. The number of para-hydroxylation sites is 1. The van der Waals surface area contributed by atoms with Crippen LogP contribution in [0.25, 0.3) is 0 Å². The minimum Gasteiger partial charge on any atom is -0.497 e. The van der Waals surface area contributed by atoms with Gasteiger partial charge in [-0.25, -0.2) is 0 Å². The van der Waals surface area contributed by atoms with E-state index in [4.69, 9.17) is 26.8 Å². The molecule has 106 valence electrons. The van der Waals surface area contributed by atoms with Gasteiger partial charge in [-0.15, -0.1) is 0 Å². The van der Waals surface area contributed by atoms with Gasteiger partial charge in [0.05, 0.1) is 12.1 Å². The van der Waals surface area contributed by atoms with Gasteiger partial charge in [0.2, 0.25) is 0 Å². The van der Waals surface area contributed by atoms with Gasteiger partial charge >= 0.3 is 0 Å². The van der Waals surface area contributed by atoms with E-state index in [0.29, 0.717) is 10.8 Å². The molecule has 0 spiro atoms. The topological polar surface area (TPSA) is 44.5 Å². The molecule has 2 aromatic rings. The van der Waals surface area contributed by atoms with E-state index in [9.17, 15) is 0 Å². The van der Waals surface area contributed by atoms with Gasteiger partial charge in [-0.1, -0.05) is 35.9 Å². The van der Waals surface area contributed by atoms with Gasteiger partial charge in [0.1, 0.15) is 17.6 Å². The molecule has 0 bridgehead atoms. The summed E-state index contributed by atoms with van der Waals surface area (Å²) in [4.78, 5) is 0. The van der Waals surface area contributed by atoms with Crippen molar-refractivity contribution >= 4 is 11.6 Å². The molecule has 0 radical (unpaired) electrons. The molecule has 0 aromatic heterocycles. The lowest BCUT2D eigenvalue weighted by Gasteiger charge is -2.23. The van der Waals surface area contributed by atoms with Crippen molar-refractivity contribution in [1.29, 1.82) is 0 Å². The average molecular weight is 292 g/mol. The van der Waals surface area contributed by atoms with Crippen LogP contribution in [0, 0.1) is 0 Å². The Labute approximate surface area is 124 Å². The lowest BCUT2D eigenvalue weighted by molar-refractivity contribution is 0.180. The van der Waals surface area contributed by atoms with Crippen LogP contribution >= 0.6 is 11.6 Å². The first kappa shape index (κ1) is 14.7. The molecule has 0 heterocycles. The summed E-state index contributed by atoms with van der Waals surface area (Å²) in [6.07, 6.45) is -0.287. The van der Waals surface area contributed by atoms with Crippen LogP contribution in [0.15, 0.2) is 48.5 Å². The number of halogens is 1. The highest BCUT2D eigenvalue weighted by Gasteiger charge is 2.19. The number of nitrogens with two attached hydrogens (primary N) is 1. The molecular formula is C16H18ClNO2. The van der Waals surface area contributed by atoms with Gasteiger partial charge in [-0.2, -0.15) is 0 Å². The van der Waals surface area contributed by atoms with Crippen LogP contribution < -0.4 is 15.2 Å². The summed E-state index contributed by atoms with van der Waals surface area (Å²) in [6.45, 7) is 1.90. The Morgan fingerprint density at radius 1 is 1.10 bits per heavy atom. The normalized spacial score (nSPS) is 13.6. The quantitative estimate of drug-likeness (QED) is 0.911. The predicted molar refractivity (Wildman–Crippen MR) is 81.5 cm³/mol. The second-order valence-corrected chi connectivity index (χ2v) is 5.01. The Morgan fingerprint density at radius 3 is 2.50 bits per heavy atom. The van der Waals surface area contributed by atoms with E-state index in [-0.39, 0.29) is 12.1 Å². The summed E-state index contributed by atoms with van der Waals surface area (Å²) in [6, 6.07) is 14.9. The highest BCUT2D eigenvalue weighted by atomic mass is 35.5. The summed E-state index contributed by atoms with van der Waals surface area (Å²) >= 11 is 6.13. The minimum absolute atomic E-state index is 0.182. The maximum Gasteiger partial charge on any atom is 0.139 e. The zero-order valence-corrected chi connectivity index (χ0v) is 12.3. The van der Waals surface area contributed by atoms with Gasteiger partial charge < -0.3 is 15.2 Å². The number of benzene rings is 2. The van der Waals surface area contributed by atoms with Gasteiger partial charge in [0.25, 0.3) is 0 Å². The van der Waals surface area contributed by atoms with Gasteiger partial charge in [-0.05, 0) is 36.8 Å². The van der Waals surface area contributed by atoms with E-state index < -0.39 is 0 Å². The second-order valence-electron chi connectivity index (χ2n) is 4.60. The van der Waals surface area contributed by atoms with Gasteiger partial charge in [-0.3, -0.25) is 0 Å². The van der Waals surface area contributed by atoms with Crippen LogP contribution in [0.1, 0.15) is 18.6 Å². The number of hydrogen-bond acceptors (Lipinski definition) is 3. The first-order chi connectivity index (χ1) is 9.61. The monoisotopic (exact) mass is 291 g/mol. The molecule has 20 heavy (non-hydrogen) atoms. The van der Waals surface area contributed by atoms with Crippen LogP contribution in [-0.2, 0) is 0 Å². The number of ether oxygens (including phenoxy) is 2. The smallest absolute Gasteiger partial charge is 0.139 e. The maximum atomic E-state index is 6.13. The zero-order valence-electron chi connectivity index (χ0n) is 11.5. The molecule has 0 saturated carbocycles. The Hall–Kier alpha value is -1.71. The molecule has 0 saturated heterocycles. The van der Waals surface area contributed by atoms with E-state index in [0.717, 1.165) is 11.3 Å². The molecule has 0 fully saturated rings. The van der Waals surface area contributed by atoms with Gasteiger partial charge in [0, 0.05) is 6.04 Å². The Bertz CT molecular complexity index is 572. The van der Waals surface area contributed by atoms with E-state index in [1.807, 2.05) is 49.4 Å². The van der Waals surface area contributed by atoms with Crippen LogP contribution in [0.4, 0.5) is 0 Å². The first-order valence-corrected chi connectivity index (χ1v) is 6.80. The van der Waals surface area contributed by atoms with Crippen molar-refractivity contribution < 1.29 is 9.47 Å². The molecule has 3 nitrogen and oxygen atoms in total. The van der Waals surface area contributed by atoms with E-state index >= 15 is 0 Å². The Kier molecular flexibility index (Phi) is 4.88. The van der Waals surface area contributed by atoms with E-state index in [1.165, 1.54) is 0 Å². The van der Waals surface area contributed by atoms with Crippen molar-refractivity contribution in [3.05, 3.63) is 59.1 Å². The van der Waals surface area contributed by atoms with Crippen molar-refractivity contribution in [1.82, 2.24) is 0 Å². The molecule has 2 aromatic carbocycles. The standard InChI is InChI=1S/C16H18ClNO2/c1-11(18)16(12-6-5-7-13(10-12)19-2)20-15-9-4-3-8-14(15)17/h3-11,16H,18H2,1-2H3. The second kappa shape index (κ2) is 6.64. The van der Waals surface area contributed by atoms with Crippen molar-refractivity contribution in [2.75, 3.05) is 7.11 Å². The molecule has 2 atom stereocenters. The molecule has 2 unspecified atom stereocenters. The van der Waals surface area contributed by atoms with Crippen LogP contribution in [0.3, 0.4) is 0 Å². The van der Waals surface area contributed by atoms with Crippen molar-refractivity contribution in [2.45, 2.75) is 19.1 Å². The van der Waals surface area contributed by atoms with Crippen molar-refractivity contribution in [3.8, 4) is 11.5 Å². The number of rotatable bonds is 5. The summed E-state index contributed by atoms with van der Waals surface area (Å²) < 4.78 is 11.2. The lowest BCUT2D eigenvalue weighted by atomic mass is 10.0. The molecule has 0 amide bonds. The van der Waals surface area contributed by atoms with Crippen LogP contribution in [0.2, 0.25) is 5.02 Å². The molecule has 0 aliphatic heterocycles. The third-order valence-corrected chi connectivity index (χ3v) is 3.30. The van der Waals surface area contributed by atoms with Crippen molar-refractivity contribution in [3.63, 3.8) is 0 Å².